The summed E-state index contributed by atoms with van der Waals surface area (Å²) in [6.07, 6.45) is 0.989. The van der Waals surface area contributed by atoms with Gasteiger partial charge in [-0.25, -0.2) is 10.8 Å². The second-order valence-electron chi connectivity index (χ2n) is 3.97. The SMILES string of the molecule is CCc1ccc(OC)c(-c2nc(C)c(NN)s2)c1. The van der Waals surface area contributed by atoms with Crippen LogP contribution in [0.15, 0.2) is 18.2 Å². The first-order chi connectivity index (χ1) is 8.69. The average molecular weight is 263 g/mol. The number of nitrogens with zero attached hydrogens (tertiary/aromatic N) is 1. The fourth-order valence-electron chi connectivity index (χ4n) is 1.79. The number of hydrazine groups is 1. The Balaban J connectivity index is 2.53. The lowest BCUT2D eigenvalue weighted by molar-refractivity contribution is 0.416. The van der Waals surface area contributed by atoms with E-state index in [0.717, 1.165) is 33.4 Å². The van der Waals surface area contributed by atoms with Crippen LogP contribution in [-0.2, 0) is 6.42 Å². The van der Waals surface area contributed by atoms with Gasteiger partial charge < -0.3 is 10.2 Å². The van der Waals surface area contributed by atoms with Gasteiger partial charge in [0.25, 0.3) is 0 Å². The summed E-state index contributed by atoms with van der Waals surface area (Å²) in [6.45, 7) is 4.07. The van der Waals surface area contributed by atoms with Crippen molar-refractivity contribution in [1.29, 1.82) is 0 Å². The molecule has 0 fully saturated rings. The van der Waals surface area contributed by atoms with Crippen molar-refractivity contribution in [3.05, 3.63) is 29.5 Å². The van der Waals surface area contributed by atoms with Crippen LogP contribution in [0.2, 0.25) is 0 Å². The highest BCUT2D eigenvalue weighted by Crippen LogP contribution is 2.37. The van der Waals surface area contributed by atoms with E-state index in [2.05, 4.69) is 29.5 Å². The van der Waals surface area contributed by atoms with Gasteiger partial charge in [0.15, 0.2) is 0 Å². The minimum absolute atomic E-state index is 0.838. The van der Waals surface area contributed by atoms with Crippen LogP contribution in [0.25, 0.3) is 10.6 Å². The van der Waals surface area contributed by atoms with Crippen LogP contribution in [-0.4, -0.2) is 12.1 Å². The van der Waals surface area contributed by atoms with Crippen LogP contribution in [0.5, 0.6) is 5.75 Å². The van der Waals surface area contributed by atoms with Gasteiger partial charge in [0, 0.05) is 0 Å². The maximum Gasteiger partial charge on any atom is 0.129 e. The van der Waals surface area contributed by atoms with Crippen molar-refractivity contribution in [2.45, 2.75) is 20.3 Å². The zero-order valence-corrected chi connectivity index (χ0v) is 11.6. The first kappa shape index (κ1) is 12.9. The van der Waals surface area contributed by atoms with Crippen molar-refractivity contribution in [3.8, 4) is 16.3 Å². The van der Waals surface area contributed by atoms with Gasteiger partial charge in [-0.2, -0.15) is 0 Å². The minimum Gasteiger partial charge on any atom is -0.496 e. The Labute approximate surface area is 111 Å². The molecule has 18 heavy (non-hydrogen) atoms. The molecule has 1 aromatic carbocycles. The van der Waals surface area contributed by atoms with Gasteiger partial charge in [-0.3, -0.25) is 0 Å². The van der Waals surface area contributed by atoms with E-state index >= 15 is 0 Å². The lowest BCUT2D eigenvalue weighted by atomic mass is 10.1. The van der Waals surface area contributed by atoms with E-state index in [1.807, 2.05) is 13.0 Å². The molecule has 1 aromatic heterocycles. The van der Waals surface area contributed by atoms with Gasteiger partial charge >= 0.3 is 0 Å². The van der Waals surface area contributed by atoms with Gasteiger partial charge in [0.2, 0.25) is 0 Å². The summed E-state index contributed by atoms with van der Waals surface area (Å²) < 4.78 is 5.40. The van der Waals surface area contributed by atoms with Crippen LogP contribution < -0.4 is 16.0 Å². The normalized spacial score (nSPS) is 10.4. The monoisotopic (exact) mass is 263 g/mol. The number of aryl methyl sites for hydroxylation is 2. The van der Waals surface area contributed by atoms with E-state index in [1.165, 1.54) is 16.9 Å². The highest BCUT2D eigenvalue weighted by Gasteiger charge is 2.13. The van der Waals surface area contributed by atoms with E-state index in [9.17, 15) is 0 Å². The van der Waals surface area contributed by atoms with Crippen LogP contribution in [0.1, 0.15) is 18.2 Å². The zero-order valence-electron chi connectivity index (χ0n) is 10.8. The number of benzene rings is 1. The minimum atomic E-state index is 0.838. The maximum absolute atomic E-state index is 5.46. The van der Waals surface area contributed by atoms with Crippen LogP contribution in [0.3, 0.4) is 0 Å². The summed E-state index contributed by atoms with van der Waals surface area (Å²) in [6, 6.07) is 6.18. The number of hydrogen-bond acceptors (Lipinski definition) is 5. The molecule has 0 aliphatic rings. The van der Waals surface area contributed by atoms with Crippen LogP contribution >= 0.6 is 11.3 Å². The predicted octanol–water partition coefficient (Wildman–Crippen LogP) is 2.98. The molecule has 0 saturated carbocycles. The second kappa shape index (κ2) is 5.37. The summed E-state index contributed by atoms with van der Waals surface area (Å²) in [5, 5.41) is 1.81. The zero-order chi connectivity index (χ0) is 13.1. The molecular formula is C13H17N3OS. The van der Waals surface area contributed by atoms with Crippen LogP contribution in [0, 0.1) is 6.92 Å². The Morgan fingerprint density at radius 1 is 1.44 bits per heavy atom. The molecule has 5 heteroatoms. The number of ether oxygens (including phenoxy) is 1. The second-order valence-corrected chi connectivity index (χ2v) is 4.97. The number of rotatable bonds is 4. The lowest BCUT2D eigenvalue weighted by Gasteiger charge is -2.07. The summed E-state index contributed by atoms with van der Waals surface area (Å²) in [5.74, 6) is 6.30. The fourth-order valence-corrected chi connectivity index (χ4v) is 2.69. The van der Waals surface area contributed by atoms with Crippen molar-refractivity contribution in [1.82, 2.24) is 4.98 Å². The molecule has 3 N–H and O–H groups in total. The molecule has 0 saturated heterocycles. The highest BCUT2D eigenvalue weighted by molar-refractivity contribution is 7.19. The molecule has 2 aromatic rings. The summed E-state index contributed by atoms with van der Waals surface area (Å²) in [4.78, 5) is 4.53. The third-order valence-electron chi connectivity index (χ3n) is 2.83. The molecule has 0 atom stereocenters. The molecule has 96 valence electrons. The van der Waals surface area contributed by atoms with Gasteiger partial charge in [0.05, 0.1) is 18.4 Å². The number of methoxy groups -OCH3 is 1. The van der Waals surface area contributed by atoms with E-state index in [0.29, 0.717) is 0 Å². The molecule has 0 radical (unpaired) electrons. The largest absolute Gasteiger partial charge is 0.496 e. The molecule has 0 aliphatic carbocycles. The number of anilines is 1. The molecule has 0 aliphatic heterocycles. The molecule has 2 rings (SSSR count). The van der Waals surface area contributed by atoms with E-state index in [1.54, 1.807) is 7.11 Å². The smallest absolute Gasteiger partial charge is 0.129 e. The topological polar surface area (TPSA) is 60.2 Å². The highest BCUT2D eigenvalue weighted by atomic mass is 32.1. The summed E-state index contributed by atoms with van der Waals surface area (Å²) >= 11 is 1.53. The number of aromatic nitrogens is 1. The van der Waals surface area contributed by atoms with Crippen molar-refractivity contribution in [2.75, 3.05) is 12.5 Å². The summed E-state index contributed by atoms with van der Waals surface area (Å²) in [7, 11) is 1.67. The van der Waals surface area contributed by atoms with Gasteiger partial charge in [-0.05, 0) is 31.0 Å². The molecular weight excluding hydrogens is 246 g/mol. The Hall–Kier alpha value is -1.59. The van der Waals surface area contributed by atoms with Crippen LogP contribution in [0.4, 0.5) is 5.00 Å². The van der Waals surface area contributed by atoms with Gasteiger partial charge in [0.1, 0.15) is 15.8 Å². The molecule has 0 spiro atoms. The third kappa shape index (κ3) is 2.32. The van der Waals surface area contributed by atoms with E-state index in [4.69, 9.17) is 10.6 Å². The summed E-state index contributed by atoms with van der Waals surface area (Å²) in [5.41, 5.74) is 5.86. The fraction of sp³-hybridized carbons (Fsp3) is 0.308. The molecule has 1 heterocycles. The number of thiazole rings is 1. The third-order valence-corrected chi connectivity index (χ3v) is 3.95. The Bertz CT molecular complexity index is 551. The van der Waals surface area contributed by atoms with E-state index < -0.39 is 0 Å². The van der Waals surface area contributed by atoms with Gasteiger partial charge in [-0.15, -0.1) is 0 Å². The molecule has 0 amide bonds. The van der Waals surface area contributed by atoms with Crippen molar-refractivity contribution in [3.63, 3.8) is 0 Å². The predicted molar refractivity (Wildman–Crippen MR) is 76.0 cm³/mol. The number of nitrogens with one attached hydrogen (secondary N) is 1. The average Bonchev–Trinajstić information content (AvgIpc) is 2.79. The van der Waals surface area contributed by atoms with Gasteiger partial charge in [-0.1, -0.05) is 24.3 Å². The standard InChI is InChI=1S/C13H17N3OS/c1-4-9-5-6-11(17-3)10(7-9)13-15-8(2)12(16-14)18-13/h5-7,16H,4,14H2,1-3H3. The lowest BCUT2D eigenvalue weighted by Crippen LogP contribution is -2.05. The van der Waals surface area contributed by atoms with Crippen molar-refractivity contribution < 1.29 is 4.74 Å². The van der Waals surface area contributed by atoms with Crippen molar-refractivity contribution in [2.24, 2.45) is 5.84 Å². The van der Waals surface area contributed by atoms with E-state index in [-0.39, 0.29) is 0 Å². The van der Waals surface area contributed by atoms with Crippen molar-refractivity contribution >= 4 is 16.3 Å². The number of hydrogen-bond donors (Lipinski definition) is 2. The Kier molecular flexibility index (Phi) is 3.84. The number of nitrogens with two attached hydrogens (primary N) is 1. The first-order valence-electron chi connectivity index (χ1n) is 5.81. The maximum atomic E-state index is 5.46. The Morgan fingerprint density at radius 2 is 2.22 bits per heavy atom. The molecule has 4 nitrogen and oxygen atoms in total. The quantitative estimate of drug-likeness (QED) is 0.657. The Morgan fingerprint density at radius 3 is 2.78 bits per heavy atom. The number of nitrogen functional groups attached to an aromatic ring is 1. The molecule has 0 bridgehead atoms. The first-order valence-corrected chi connectivity index (χ1v) is 6.62. The molecule has 0 unspecified atom stereocenters.